The van der Waals surface area contributed by atoms with Gasteiger partial charge in [0, 0.05) is 41.1 Å². The summed E-state index contributed by atoms with van der Waals surface area (Å²) in [6.45, 7) is 1.97. The predicted octanol–water partition coefficient (Wildman–Crippen LogP) is 5.14. The molecule has 3 N–H and O–H groups in total. The minimum Gasteiger partial charge on any atom is -0.457 e. The van der Waals surface area contributed by atoms with Crippen molar-refractivity contribution in [3.63, 3.8) is 0 Å². The summed E-state index contributed by atoms with van der Waals surface area (Å²) in [5.41, 5.74) is 2.46. The number of nitrogens with one attached hydrogen (secondary N) is 2. The third kappa shape index (κ3) is 6.71. The molecule has 4 rings (SSSR count). The van der Waals surface area contributed by atoms with Gasteiger partial charge < -0.3 is 20.5 Å². The van der Waals surface area contributed by atoms with Gasteiger partial charge >= 0.3 is 0 Å². The van der Waals surface area contributed by atoms with Gasteiger partial charge in [-0.15, -0.1) is 0 Å². The van der Waals surface area contributed by atoms with E-state index in [2.05, 4.69) is 15.5 Å². The molecule has 0 spiro atoms. The number of aliphatic hydroxyl groups excluding tert-OH is 1. The molecule has 0 radical (unpaired) electrons. The van der Waals surface area contributed by atoms with Crippen LogP contribution in [0.4, 0.5) is 11.4 Å². The van der Waals surface area contributed by atoms with E-state index in [9.17, 15) is 9.90 Å². The van der Waals surface area contributed by atoms with Gasteiger partial charge in [0.05, 0.1) is 13.2 Å². The van der Waals surface area contributed by atoms with Crippen molar-refractivity contribution in [3.8, 4) is 11.5 Å². The van der Waals surface area contributed by atoms with Crippen molar-refractivity contribution < 1.29 is 14.6 Å². The van der Waals surface area contributed by atoms with Gasteiger partial charge in [-0.05, 0) is 67.4 Å². The second kappa shape index (κ2) is 11.2. The SMILES string of the molecule is O=C(CN1CCC(Nc2ccc(Cl)cc2CO)CC1)Nc1ccc(Oc2ccccc2)cc1. The van der Waals surface area contributed by atoms with Crippen molar-refractivity contribution in [2.45, 2.75) is 25.5 Å². The third-order valence-corrected chi connectivity index (χ3v) is 5.90. The van der Waals surface area contributed by atoms with Crippen LogP contribution in [0.1, 0.15) is 18.4 Å². The molecule has 0 unspecified atom stereocenters. The molecule has 1 aliphatic heterocycles. The van der Waals surface area contributed by atoms with Gasteiger partial charge in [0.15, 0.2) is 0 Å². The van der Waals surface area contributed by atoms with E-state index < -0.39 is 0 Å². The molecule has 1 heterocycles. The van der Waals surface area contributed by atoms with Gasteiger partial charge in [-0.1, -0.05) is 29.8 Å². The summed E-state index contributed by atoms with van der Waals surface area (Å²) in [7, 11) is 0. The Morgan fingerprint density at radius 3 is 2.39 bits per heavy atom. The highest BCUT2D eigenvalue weighted by molar-refractivity contribution is 6.30. The number of piperidine rings is 1. The molecular weight excluding hydrogens is 438 g/mol. The van der Waals surface area contributed by atoms with Crippen molar-refractivity contribution in [3.05, 3.63) is 83.4 Å². The maximum absolute atomic E-state index is 12.5. The summed E-state index contributed by atoms with van der Waals surface area (Å²) in [6, 6.07) is 22.8. The number of hydrogen-bond acceptors (Lipinski definition) is 5. The average Bonchev–Trinajstić information content (AvgIpc) is 2.83. The van der Waals surface area contributed by atoms with Crippen LogP contribution in [0.5, 0.6) is 11.5 Å². The molecule has 33 heavy (non-hydrogen) atoms. The Kier molecular flexibility index (Phi) is 7.83. The van der Waals surface area contributed by atoms with Crippen molar-refractivity contribution in [1.29, 1.82) is 0 Å². The van der Waals surface area contributed by atoms with Crippen molar-refractivity contribution in [1.82, 2.24) is 4.90 Å². The number of amides is 1. The van der Waals surface area contributed by atoms with Gasteiger partial charge in [-0.2, -0.15) is 0 Å². The second-order valence-corrected chi connectivity index (χ2v) is 8.58. The Morgan fingerprint density at radius 1 is 1.00 bits per heavy atom. The number of para-hydroxylation sites is 1. The number of likely N-dealkylation sites (tertiary alicyclic amines) is 1. The number of carbonyl (C=O) groups is 1. The zero-order chi connectivity index (χ0) is 23.0. The minimum atomic E-state index is -0.0543. The van der Waals surface area contributed by atoms with Crippen LogP contribution in [0.2, 0.25) is 5.02 Å². The summed E-state index contributed by atoms with van der Waals surface area (Å²) in [5, 5.41) is 16.6. The Hall–Kier alpha value is -3.06. The Morgan fingerprint density at radius 2 is 1.70 bits per heavy atom. The maximum atomic E-state index is 12.5. The fourth-order valence-corrected chi connectivity index (χ4v) is 4.12. The van der Waals surface area contributed by atoms with E-state index in [1.807, 2.05) is 66.7 Å². The molecule has 1 fully saturated rings. The van der Waals surface area contributed by atoms with E-state index in [1.165, 1.54) is 0 Å². The van der Waals surface area contributed by atoms with Crippen LogP contribution in [-0.4, -0.2) is 41.6 Å². The molecule has 3 aromatic carbocycles. The molecular formula is C26H28ClN3O3. The Balaban J connectivity index is 1.22. The first-order chi connectivity index (χ1) is 16.1. The topological polar surface area (TPSA) is 73.8 Å². The van der Waals surface area contributed by atoms with Crippen LogP contribution in [0.3, 0.4) is 0 Å². The first-order valence-corrected chi connectivity index (χ1v) is 11.5. The zero-order valence-corrected chi connectivity index (χ0v) is 19.1. The van der Waals surface area contributed by atoms with Crippen LogP contribution in [0, 0.1) is 0 Å². The average molecular weight is 466 g/mol. The lowest BCUT2D eigenvalue weighted by atomic mass is 10.0. The van der Waals surface area contributed by atoms with Crippen LogP contribution in [0.25, 0.3) is 0 Å². The molecule has 7 heteroatoms. The van der Waals surface area contributed by atoms with E-state index in [4.69, 9.17) is 16.3 Å². The fourth-order valence-electron chi connectivity index (χ4n) is 3.92. The summed E-state index contributed by atoms with van der Waals surface area (Å²) in [5.74, 6) is 1.47. The molecule has 0 aliphatic carbocycles. The highest BCUT2D eigenvalue weighted by Crippen LogP contribution is 2.25. The number of anilines is 2. The van der Waals surface area contributed by atoms with E-state index in [0.29, 0.717) is 17.6 Å². The molecule has 1 saturated heterocycles. The van der Waals surface area contributed by atoms with E-state index >= 15 is 0 Å². The number of halogens is 1. The van der Waals surface area contributed by atoms with E-state index in [0.717, 1.165) is 54.4 Å². The molecule has 0 atom stereocenters. The number of aliphatic hydroxyl groups is 1. The number of rotatable bonds is 8. The van der Waals surface area contributed by atoms with Crippen LogP contribution in [0.15, 0.2) is 72.8 Å². The Labute approximate surface area is 199 Å². The van der Waals surface area contributed by atoms with Gasteiger partial charge in [-0.3, -0.25) is 9.69 Å². The lowest BCUT2D eigenvalue weighted by Crippen LogP contribution is -2.42. The second-order valence-electron chi connectivity index (χ2n) is 8.14. The highest BCUT2D eigenvalue weighted by Gasteiger charge is 2.21. The number of hydrogen-bond donors (Lipinski definition) is 3. The van der Waals surface area contributed by atoms with Crippen LogP contribution >= 0.6 is 11.6 Å². The van der Waals surface area contributed by atoms with E-state index in [1.54, 1.807) is 6.07 Å². The highest BCUT2D eigenvalue weighted by atomic mass is 35.5. The Bertz CT molecular complexity index is 1050. The fraction of sp³-hybridized carbons (Fsp3) is 0.269. The molecule has 1 aliphatic rings. The lowest BCUT2D eigenvalue weighted by molar-refractivity contribution is -0.117. The quantitative estimate of drug-likeness (QED) is 0.429. The summed E-state index contributed by atoms with van der Waals surface area (Å²) >= 11 is 6.01. The standard InChI is InChI=1S/C26H28ClN3O3/c27-20-6-11-25(19(16-20)18-31)28-22-12-14-30(15-13-22)17-26(32)29-21-7-9-24(10-8-21)33-23-4-2-1-3-5-23/h1-11,16,22,28,31H,12-15,17-18H2,(H,29,32). The van der Waals surface area contributed by atoms with Gasteiger partial charge in [0.1, 0.15) is 11.5 Å². The monoisotopic (exact) mass is 465 g/mol. The third-order valence-electron chi connectivity index (χ3n) is 5.67. The maximum Gasteiger partial charge on any atom is 0.238 e. The van der Waals surface area contributed by atoms with Gasteiger partial charge in [-0.25, -0.2) is 0 Å². The molecule has 6 nitrogen and oxygen atoms in total. The summed E-state index contributed by atoms with van der Waals surface area (Å²) in [4.78, 5) is 14.7. The largest absolute Gasteiger partial charge is 0.457 e. The van der Waals surface area contributed by atoms with Gasteiger partial charge in [0.25, 0.3) is 0 Å². The van der Waals surface area contributed by atoms with Crippen LogP contribution < -0.4 is 15.4 Å². The molecule has 0 saturated carbocycles. The molecule has 1 amide bonds. The minimum absolute atomic E-state index is 0.0293. The summed E-state index contributed by atoms with van der Waals surface area (Å²) < 4.78 is 5.79. The van der Waals surface area contributed by atoms with Crippen molar-refractivity contribution >= 4 is 28.9 Å². The van der Waals surface area contributed by atoms with Crippen molar-refractivity contribution in [2.75, 3.05) is 30.3 Å². The molecule has 0 aromatic heterocycles. The van der Waals surface area contributed by atoms with E-state index in [-0.39, 0.29) is 12.5 Å². The number of ether oxygens (including phenoxy) is 1. The molecule has 0 bridgehead atoms. The number of nitrogens with zero attached hydrogens (tertiary/aromatic N) is 1. The smallest absolute Gasteiger partial charge is 0.238 e. The van der Waals surface area contributed by atoms with Crippen LogP contribution in [-0.2, 0) is 11.4 Å². The normalized spacial score (nSPS) is 14.6. The first kappa shape index (κ1) is 23.1. The number of carbonyl (C=O) groups excluding carboxylic acids is 1. The predicted molar refractivity (Wildman–Crippen MR) is 132 cm³/mol. The molecule has 172 valence electrons. The summed E-state index contributed by atoms with van der Waals surface area (Å²) in [6.07, 6.45) is 1.85. The number of benzene rings is 3. The van der Waals surface area contributed by atoms with Crippen molar-refractivity contribution in [2.24, 2.45) is 0 Å². The van der Waals surface area contributed by atoms with Gasteiger partial charge in [0.2, 0.25) is 5.91 Å². The zero-order valence-electron chi connectivity index (χ0n) is 18.3. The lowest BCUT2D eigenvalue weighted by Gasteiger charge is -2.32. The molecule has 3 aromatic rings. The first-order valence-electron chi connectivity index (χ1n) is 11.1.